The van der Waals surface area contributed by atoms with E-state index in [4.69, 9.17) is 4.74 Å². The number of carbonyl (C=O) groups is 1. The average molecular weight is 263 g/mol. The van der Waals surface area contributed by atoms with Gasteiger partial charge in [0.1, 0.15) is 9.84 Å². The lowest BCUT2D eigenvalue weighted by Gasteiger charge is -2.17. The van der Waals surface area contributed by atoms with E-state index in [-0.39, 0.29) is 11.7 Å². The van der Waals surface area contributed by atoms with E-state index in [1.807, 2.05) is 11.8 Å². The van der Waals surface area contributed by atoms with Crippen LogP contribution in [-0.2, 0) is 19.4 Å². The molecule has 0 spiro atoms. The number of likely N-dealkylation sites (N-methyl/N-ethyl adjacent to an activating group) is 1. The highest BCUT2D eigenvalue weighted by molar-refractivity contribution is 7.90. The zero-order valence-electron chi connectivity index (χ0n) is 10.7. The van der Waals surface area contributed by atoms with Crippen LogP contribution >= 0.6 is 0 Å². The third-order valence-corrected chi connectivity index (χ3v) is 3.05. The molecule has 0 aromatic rings. The summed E-state index contributed by atoms with van der Waals surface area (Å²) in [5.41, 5.74) is 0. The molecule has 0 saturated heterocycles. The van der Waals surface area contributed by atoms with Crippen LogP contribution in [0.3, 0.4) is 0 Å². The van der Waals surface area contributed by atoms with Gasteiger partial charge in [-0.2, -0.15) is 0 Å². The Morgan fingerprint density at radius 1 is 1.35 bits per heavy atom. The van der Waals surface area contributed by atoms with Gasteiger partial charge in [0.15, 0.2) is 0 Å². The van der Waals surface area contributed by atoms with Crippen molar-refractivity contribution in [3.05, 3.63) is 12.2 Å². The summed E-state index contributed by atoms with van der Waals surface area (Å²) < 4.78 is 26.7. The highest BCUT2D eigenvalue weighted by Gasteiger charge is 2.06. The molecule has 0 aliphatic heterocycles. The van der Waals surface area contributed by atoms with Gasteiger partial charge in [-0.05, 0) is 13.5 Å². The van der Waals surface area contributed by atoms with E-state index in [1.165, 1.54) is 12.3 Å². The lowest BCUT2D eigenvalue weighted by molar-refractivity contribution is -0.137. The summed E-state index contributed by atoms with van der Waals surface area (Å²) in [5, 5.41) is 0. The van der Waals surface area contributed by atoms with Crippen molar-refractivity contribution in [1.29, 1.82) is 0 Å². The molecular formula is C11H21NO4S. The van der Waals surface area contributed by atoms with Gasteiger partial charge in [0.2, 0.25) is 0 Å². The van der Waals surface area contributed by atoms with Crippen LogP contribution in [0.5, 0.6) is 0 Å². The molecule has 6 heteroatoms. The van der Waals surface area contributed by atoms with Gasteiger partial charge >= 0.3 is 5.97 Å². The van der Waals surface area contributed by atoms with Gasteiger partial charge in [-0.15, -0.1) is 0 Å². The van der Waals surface area contributed by atoms with Crippen molar-refractivity contribution in [2.45, 2.75) is 13.8 Å². The summed E-state index contributed by atoms with van der Waals surface area (Å²) >= 11 is 0. The highest BCUT2D eigenvalue weighted by Crippen LogP contribution is 1.92. The molecule has 0 heterocycles. The molecule has 0 aliphatic carbocycles. The predicted molar refractivity (Wildman–Crippen MR) is 67.6 cm³/mol. The largest absolute Gasteiger partial charge is 0.463 e. The Balaban J connectivity index is 4.02. The fraction of sp³-hybridized carbons (Fsp3) is 0.727. The van der Waals surface area contributed by atoms with Crippen LogP contribution in [0.2, 0.25) is 0 Å². The summed E-state index contributed by atoms with van der Waals surface area (Å²) in [6, 6.07) is 0. The second-order valence-electron chi connectivity index (χ2n) is 3.68. The van der Waals surface area contributed by atoms with Crippen molar-refractivity contribution in [1.82, 2.24) is 4.90 Å². The van der Waals surface area contributed by atoms with Gasteiger partial charge in [0.05, 0.1) is 12.4 Å². The smallest absolute Gasteiger partial charge is 0.330 e. The van der Waals surface area contributed by atoms with Crippen molar-refractivity contribution in [2.24, 2.45) is 0 Å². The van der Waals surface area contributed by atoms with Gasteiger partial charge < -0.3 is 4.74 Å². The fourth-order valence-corrected chi connectivity index (χ4v) is 1.75. The number of hydrogen-bond acceptors (Lipinski definition) is 5. The second kappa shape index (κ2) is 8.25. The summed E-state index contributed by atoms with van der Waals surface area (Å²) in [4.78, 5) is 12.9. The van der Waals surface area contributed by atoms with Gasteiger partial charge in [0.25, 0.3) is 0 Å². The molecule has 0 atom stereocenters. The highest BCUT2D eigenvalue weighted by atomic mass is 32.2. The van der Waals surface area contributed by atoms with Crippen LogP contribution < -0.4 is 0 Å². The minimum atomic E-state index is -2.94. The van der Waals surface area contributed by atoms with E-state index in [2.05, 4.69) is 0 Å². The summed E-state index contributed by atoms with van der Waals surface area (Å²) in [7, 11) is -2.94. The molecule has 0 aromatic heterocycles. The molecule has 0 aromatic carbocycles. The summed E-state index contributed by atoms with van der Waals surface area (Å²) in [6.07, 6.45) is 4.27. The van der Waals surface area contributed by atoms with Crippen molar-refractivity contribution < 1.29 is 17.9 Å². The maximum absolute atomic E-state index is 11.0. The first kappa shape index (κ1) is 16.1. The Morgan fingerprint density at radius 3 is 2.47 bits per heavy atom. The maximum Gasteiger partial charge on any atom is 0.330 e. The predicted octanol–water partition coefficient (Wildman–Crippen LogP) is 0.472. The molecule has 5 nitrogen and oxygen atoms in total. The van der Waals surface area contributed by atoms with Crippen molar-refractivity contribution in [2.75, 3.05) is 38.2 Å². The van der Waals surface area contributed by atoms with Gasteiger partial charge in [-0.3, -0.25) is 4.90 Å². The first-order valence-electron chi connectivity index (χ1n) is 5.62. The van der Waals surface area contributed by atoms with Crippen LogP contribution in [0, 0.1) is 0 Å². The fourth-order valence-electron chi connectivity index (χ4n) is 1.16. The molecular weight excluding hydrogens is 242 g/mol. The van der Waals surface area contributed by atoms with Crippen LogP contribution in [0.15, 0.2) is 12.2 Å². The number of ether oxygens (including phenoxy) is 1. The first-order chi connectivity index (χ1) is 7.89. The molecule has 0 saturated carbocycles. The molecule has 0 bridgehead atoms. The number of hydrogen-bond donors (Lipinski definition) is 0. The molecule has 17 heavy (non-hydrogen) atoms. The lowest BCUT2D eigenvalue weighted by atomic mass is 10.4. The van der Waals surface area contributed by atoms with Crippen LogP contribution in [0.25, 0.3) is 0 Å². The standard InChI is InChI=1S/C11H21NO4S/c1-4-12(9-10-17(3,14)15)8-6-7-11(13)16-5-2/h6-7H,4-5,8-10H2,1-3H3/b7-6+. The molecule has 0 rings (SSSR count). The van der Waals surface area contributed by atoms with E-state index < -0.39 is 9.84 Å². The summed E-state index contributed by atoms with van der Waals surface area (Å²) in [5.74, 6) is -0.236. The molecule has 0 N–H and O–H groups in total. The second-order valence-corrected chi connectivity index (χ2v) is 5.94. The molecule has 0 fully saturated rings. The Morgan fingerprint density at radius 2 is 2.00 bits per heavy atom. The van der Waals surface area contributed by atoms with E-state index in [9.17, 15) is 13.2 Å². The normalized spacial score (nSPS) is 12.2. The average Bonchev–Trinajstić information content (AvgIpc) is 2.22. The Bertz CT molecular complexity index is 348. The lowest BCUT2D eigenvalue weighted by Crippen LogP contribution is -2.29. The zero-order valence-corrected chi connectivity index (χ0v) is 11.5. The van der Waals surface area contributed by atoms with Crippen LogP contribution in [-0.4, -0.2) is 57.5 Å². The maximum atomic E-state index is 11.0. The van der Waals surface area contributed by atoms with E-state index in [0.29, 0.717) is 19.7 Å². The zero-order chi connectivity index (χ0) is 13.3. The molecule has 0 amide bonds. The van der Waals surface area contributed by atoms with E-state index >= 15 is 0 Å². The number of carbonyl (C=O) groups excluding carboxylic acids is 1. The number of sulfone groups is 1. The topological polar surface area (TPSA) is 63.7 Å². The summed E-state index contributed by atoms with van der Waals surface area (Å²) in [6.45, 7) is 5.81. The Hall–Kier alpha value is -0.880. The minimum Gasteiger partial charge on any atom is -0.463 e. The minimum absolute atomic E-state index is 0.133. The Kier molecular flexibility index (Phi) is 7.82. The van der Waals surface area contributed by atoms with Crippen molar-refractivity contribution in [3.8, 4) is 0 Å². The van der Waals surface area contributed by atoms with Gasteiger partial charge in [0, 0.05) is 25.4 Å². The van der Waals surface area contributed by atoms with E-state index in [0.717, 1.165) is 6.54 Å². The number of nitrogens with zero attached hydrogens (tertiary/aromatic N) is 1. The third-order valence-electron chi connectivity index (χ3n) is 2.13. The van der Waals surface area contributed by atoms with E-state index in [1.54, 1.807) is 13.0 Å². The quantitative estimate of drug-likeness (QED) is 0.470. The first-order valence-corrected chi connectivity index (χ1v) is 7.68. The Labute approximate surface area is 103 Å². The van der Waals surface area contributed by atoms with Crippen molar-refractivity contribution >= 4 is 15.8 Å². The van der Waals surface area contributed by atoms with Crippen LogP contribution in [0.4, 0.5) is 0 Å². The third kappa shape index (κ3) is 10.0. The van der Waals surface area contributed by atoms with Gasteiger partial charge in [-0.25, -0.2) is 13.2 Å². The van der Waals surface area contributed by atoms with Crippen LogP contribution in [0.1, 0.15) is 13.8 Å². The SMILES string of the molecule is CCOC(=O)/C=C/CN(CC)CCS(C)(=O)=O. The monoisotopic (exact) mass is 263 g/mol. The molecule has 0 radical (unpaired) electrons. The van der Waals surface area contributed by atoms with Gasteiger partial charge in [-0.1, -0.05) is 13.0 Å². The molecule has 0 unspecified atom stereocenters. The number of esters is 1. The molecule has 100 valence electrons. The van der Waals surface area contributed by atoms with Crippen molar-refractivity contribution in [3.63, 3.8) is 0 Å². The number of rotatable bonds is 8. The molecule has 0 aliphatic rings.